The molecule has 2 fully saturated rings. The fraction of sp³-hybridized carbons (Fsp3) is 0.476. The molecule has 7 heteroatoms. The summed E-state index contributed by atoms with van der Waals surface area (Å²) < 4.78 is 1.49. The Morgan fingerprint density at radius 3 is 2.64 bits per heavy atom. The number of hydrogen-bond donors (Lipinski definition) is 0. The van der Waals surface area contributed by atoms with Gasteiger partial charge in [-0.1, -0.05) is 72.5 Å². The molecule has 1 saturated heterocycles. The molecule has 2 amide bonds. The molecule has 0 atom stereocenters. The molecule has 4 nitrogen and oxygen atoms in total. The normalized spacial score (nSPS) is 22.7. The molecule has 2 aliphatic heterocycles. The summed E-state index contributed by atoms with van der Waals surface area (Å²) >= 11 is 10.4. The van der Waals surface area contributed by atoms with E-state index >= 15 is 0 Å². The van der Waals surface area contributed by atoms with E-state index in [1.807, 2.05) is 23.1 Å². The largest absolute Gasteiger partial charge is 0.308 e. The van der Waals surface area contributed by atoms with Gasteiger partial charge in [-0.3, -0.25) is 14.5 Å². The van der Waals surface area contributed by atoms with E-state index in [0.29, 0.717) is 21.3 Å². The highest BCUT2D eigenvalue weighted by molar-refractivity contribution is 9.10. The summed E-state index contributed by atoms with van der Waals surface area (Å²) in [6.45, 7) is 2.82. The number of unbranched alkanes of at least 4 members (excludes halogenated alkanes) is 2. The Kier molecular flexibility index (Phi) is 5.95. The van der Waals surface area contributed by atoms with Crippen LogP contribution in [0.15, 0.2) is 27.6 Å². The molecule has 1 aromatic carbocycles. The van der Waals surface area contributed by atoms with E-state index in [1.54, 1.807) is 4.90 Å². The third kappa shape index (κ3) is 3.46. The lowest BCUT2D eigenvalue weighted by Crippen LogP contribution is -2.37. The maximum atomic E-state index is 13.4. The standard InChI is InChI=1S/C21H23BrN2O2S2/c1-2-3-6-11-23-16-10-9-13(22)12-15(16)17(19(23)25)18-20(26)24(21(27)28-18)14-7-4-5-8-14/h9-10,12,14H,2-8,11H2,1H3/b18-17-. The smallest absolute Gasteiger partial charge is 0.267 e. The Balaban J connectivity index is 1.74. The summed E-state index contributed by atoms with van der Waals surface area (Å²) in [5.41, 5.74) is 2.25. The molecule has 0 bridgehead atoms. The second kappa shape index (κ2) is 8.28. The van der Waals surface area contributed by atoms with Gasteiger partial charge in [0.1, 0.15) is 4.32 Å². The van der Waals surface area contributed by atoms with E-state index in [1.165, 1.54) is 11.8 Å². The molecule has 0 unspecified atom stereocenters. The number of benzene rings is 1. The van der Waals surface area contributed by atoms with E-state index in [2.05, 4.69) is 22.9 Å². The first-order valence-corrected chi connectivity index (χ1v) is 12.0. The number of fused-ring (bicyclic) bond motifs is 1. The zero-order valence-corrected chi connectivity index (χ0v) is 19.1. The van der Waals surface area contributed by atoms with E-state index in [4.69, 9.17) is 12.2 Å². The van der Waals surface area contributed by atoms with Crippen LogP contribution in [0.1, 0.15) is 57.4 Å². The van der Waals surface area contributed by atoms with Crippen LogP contribution < -0.4 is 4.90 Å². The molecule has 4 rings (SSSR count). The van der Waals surface area contributed by atoms with Crippen LogP contribution in [-0.4, -0.2) is 33.6 Å². The molecule has 2 heterocycles. The van der Waals surface area contributed by atoms with Crippen LogP contribution in [-0.2, 0) is 9.59 Å². The van der Waals surface area contributed by atoms with Gasteiger partial charge in [0.25, 0.3) is 11.8 Å². The number of hydrogen-bond acceptors (Lipinski definition) is 4. The molecule has 0 N–H and O–H groups in total. The van der Waals surface area contributed by atoms with Crippen LogP contribution in [0.2, 0.25) is 0 Å². The fourth-order valence-electron chi connectivity index (χ4n) is 4.27. The number of carbonyl (C=O) groups is 2. The minimum Gasteiger partial charge on any atom is -0.308 e. The van der Waals surface area contributed by atoms with Gasteiger partial charge in [-0.25, -0.2) is 0 Å². The van der Waals surface area contributed by atoms with Gasteiger partial charge in [0, 0.05) is 22.6 Å². The third-order valence-electron chi connectivity index (χ3n) is 5.68. The second-order valence-corrected chi connectivity index (χ2v) is 10.1. The van der Waals surface area contributed by atoms with Crippen LogP contribution in [0.5, 0.6) is 0 Å². The molecule has 148 valence electrons. The van der Waals surface area contributed by atoms with Crippen molar-refractivity contribution in [3.63, 3.8) is 0 Å². The van der Waals surface area contributed by atoms with E-state index < -0.39 is 0 Å². The van der Waals surface area contributed by atoms with E-state index in [0.717, 1.165) is 60.7 Å². The fourth-order valence-corrected chi connectivity index (χ4v) is 6.11. The SMILES string of the molecule is CCCCCN1C(=O)/C(=C2\SC(=S)N(C3CCCC3)C2=O)c2cc(Br)ccc21. The van der Waals surface area contributed by atoms with E-state index in [9.17, 15) is 9.59 Å². The number of carbonyl (C=O) groups excluding carboxylic acids is 2. The minimum absolute atomic E-state index is 0.0730. The number of nitrogens with zero attached hydrogens (tertiary/aromatic N) is 2. The first-order valence-electron chi connectivity index (χ1n) is 9.94. The first-order chi connectivity index (χ1) is 13.5. The summed E-state index contributed by atoms with van der Waals surface area (Å²) in [5.74, 6) is -0.164. The van der Waals surface area contributed by atoms with E-state index in [-0.39, 0.29) is 17.9 Å². The molecule has 0 aromatic heterocycles. The minimum atomic E-state index is -0.0911. The van der Waals surface area contributed by atoms with Gasteiger partial charge in [-0.05, 0) is 37.5 Å². The molecule has 28 heavy (non-hydrogen) atoms. The summed E-state index contributed by atoms with van der Waals surface area (Å²) in [4.78, 5) is 30.7. The zero-order chi connectivity index (χ0) is 19.8. The molecule has 1 saturated carbocycles. The lowest BCUT2D eigenvalue weighted by molar-refractivity contribution is -0.123. The third-order valence-corrected chi connectivity index (χ3v) is 7.57. The van der Waals surface area contributed by atoms with Gasteiger partial charge in [-0.15, -0.1) is 0 Å². The van der Waals surface area contributed by atoms with Crippen LogP contribution in [0.25, 0.3) is 5.57 Å². The molecule has 1 aromatic rings. The molecule has 0 radical (unpaired) electrons. The van der Waals surface area contributed by atoms with Crippen molar-refractivity contribution in [3.8, 4) is 0 Å². The average Bonchev–Trinajstić information content (AvgIpc) is 3.34. The quantitative estimate of drug-likeness (QED) is 0.318. The van der Waals surface area contributed by atoms with Crippen molar-refractivity contribution in [3.05, 3.63) is 33.1 Å². The Hall–Kier alpha value is -1.18. The highest BCUT2D eigenvalue weighted by Gasteiger charge is 2.44. The highest BCUT2D eigenvalue weighted by atomic mass is 79.9. The predicted molar refractivity (Wildman–Crippen MR) is 122 cm³/mol. The summed E-state index contributed by atoms with van der Waals surface area (Å²) in [7, 11) is 0. The van der Waals surface area contributed by atoms with Crippen LogP contribution >= 0.6 is 39.9 Å². The zero-order valence-electron chi connectivity index (χ0n) is 15.9. The number of thioether (sulfide) groups is 1. The monoisotopic (exact) mass is 478 g/mol. The van der Waals surface area contributed by atoms with Gasteiger partial charge in [-0.2, -0.15) is 0 Å². The van der Waals surface area contributed by atoms with Crippen LogP contribution in [0, 0.1) is 0 Å². The van der Waals surface area contributed by atoms with Gasteiger partial charge < -0.3 is 4.90 Å². The highest BCUT2D eigenvalue weighted by Crippen LogP contribution is 2.46. The Labute approximate surface area is 183 Å². The number of halogens is 1. The molecule has 1 aliphatic carbocycles. The molecule has 0 spiro atoms. The lowest BCUT2D eigenvalue weighted by atomic mass is 10.1. The van der Waals surface area contributed by atoms with Gasteiger partial charge in [0.15, 0.2) is 0 Å². The summed E-state index contributed by atoms with van der Waals surface area (Å²) in [6, 6.07) is 6.05. The van der Waals surface area contributed by atoms with Crippen LogP contribution in [0.3, 0.4) is 0 Å². The molecule has 3 aliphatic rings. The van der Waals surface area contributed by atoms with Crippen molar-refractivity contribution in [1.82, 2.24) is 4.90 Å². The predicted octanol–water partition coefficient (Wildman–Crippen LogP) is 5.50. The molecular formula is C21H23BrN2O2S2. The second-order valence-electron chi connectivity index (χ2n) is 7.51. The van der Waals surface area contributed by atoms with Crippen LogP contribution in [0.4, 0.5) is 5.69 Å². The van der Waals surface area contributed by atoms with Crippen molar-refractivity contribution < 1.29 is 9.59 Å². The number of thiocarbonyl (C=S) groups is 1. The van der Waals surface area contributed by atoms with Crippen molar-refractivity contribution in [2.24, 2.45) is 0 Å². The topological polar surface area (TPSA) is 40.6 Å². The maximum Gasteiger partial charge on any atom is 0.267 e. The summed E-state index contributed by atoms with van der Waals surface area (Å²) in [5, 5.41) is 0. The van der Waals surface area contributed by atoms with Gasteiger partial charge in [0.05, 0.1) is 16.2 Å². The maximum absolute atomic E-state index is 13.4. The Bertz CT molecular complexity index is 877. The lowest BCUT2D eigenvalue weighted by Gasteiger charge is -2.22. The summed E-state index contributed by atoms with van der Waals surface area (Å²) in [6.07, 6.45) is 7.38. The average molecular weight is 479 g/mol. The van der Waals surface area contributed by atoms with Gasteiger partial charge >= 0.3 is 0 Å². The van der Waals surface area contributed by atoms with Crippen molar-refractivity contribution in [2.45, 2.75) is 57.9 Å². The number of anilines is 1. The van der Waals surface area contributed by atoms with Crippen molar-refractivity contribution in [1.29, 1.82) is 0 Å². The Morgan fingerprint density at radius 2 is 1.93 bits per heavy atom. The van der Waals surface area contributed by atoms with Crippen molar-refractivity contribution >= 4 is 67.3 Å². The molecular weight excluding hydrogens is 456 g/mol. The van der Waals surface area contributed by atoms with Crippen molar-refractivity contribution in [2.75, 3.05) is 11.4 Å². The number of amides is 2. The number of rotatable bonds is 5. The first kappa shape index (κ1) is 20.1. The Morgan fingerprint density at radius 1 is 1.18 bits per heavy atom. The van der Waals surface area contributed by atoms with Gasteiger partial charge in [0.2, 0.25) is 0 Å².